The van der Waals surface area contributed by atoms with E-state index < -0.39 is 14.9 Å². The van der Waals surface area contributed by atoms with E-state index >= 15 is 0 Å². The maximum absolute atomic E-state index is 11.5. The van der Waals surface area contributed by atoms with Gasteiger partial charge in [0.15, 0.2) is 0 Å². The molecule has 98 valence electrons. The number of non-ortho nitro benzene ring substituents is 1. The average molecular weight is 279 g/mol. The van der Waals surface area contributed by atoms with Crippen molar-refractivity contribution in [3.63, 3.8) is 0 Å². The van der Waals surface area contributed by atoms with Crippen LogP contribution < -0.4 is 5.14 Å². The highest BCUT2D eigenvalue weighted by molar-refractivity contribution is 7.89. The van der Waals surface area contributed by atoms with Crippen LogP contribution in [-0.4, -0.2) is 18.3 Å². The number of primary sulfonamides is 1. The molecule has 0 aliphatic heterocycles. The quantitative estimate of drug-likeness (QED) is 0.671. The molecule has 1 aromatic carbocycles. The number of benzene rings is 1. The van der Waals surface area contributed by atoms with Gasteiger partial charge in [0.25, 0.3) is 5.69 Å². The Morgan fingerprint density at radius 1 is 1.16 bits per heavy atom. The third kappa shape index (κ3) is 2.75. The van der Waals surface area contributed by atoms with Gasteiger partial charge in [-0.15, -0.1) is 0 Å². The van der Waals surface area contributed by atoms with Gasteiger partial charge in [-0.05, 0) is 23.8 Å². The normalized spacial score (nSPS) is 11.2. The van der Waals surface area contributed by atoms with Gasteiger partial charge in [-0.2, -0.15) is 0 Å². The Hall–Kier alpha value is -2.32. The first kappa shape index (κ1) is 13.1. The van der Waals surface area contributed by atoms with E-state index in [1.807, 2.05) is 0 Å². The van der Waals surface area contributed by atoms with Crippen molar-refractivity contribution < 1.29 is 13.3 Å². The fraction of sp³-hybridized carbons (Fsp3) is 0. The highest BCUT2D eigenvalue weighted by Crippen LogP contribution is 2.29. The fourth-order valence-electron chi connectivity index (χ4n) is 1.64. The Labute approximate surface area is 108 Å². The molecule has 2 aromatic rings. The van der Waals surface area contributed by atoms with Gasteiger partial charge < -0.3 is 0 Å². The number of aromatic nitrogens is 1. The van der Waals surface area contributed by atoms with E-state index in [9.17, 15) is 18.5 Å². The van der Waals surface area contributed by atoms with Crippen LogP contribution in [0.4, 0.5) is 5.69 Å². The Bertz CT molecular complexity index is 729. The van der Waals surface area contributed by atoms with E-state index in [1.165, 1.54) is 18.5 Å². The van der Waals surface area contributed by atoms with Crippen LogP contribution in [-0.2, 0) is 10.0 Å². The van der Waals surface area contributed by atoms with Crippen LogP contribution >= 0.6 is 0 Å². The minimum absolute atomic E-state index is 0.163. The summed E-state index contributed by atoms with van der Waals surface area (Å²) in [6.07, 6.45) is 2.92. The lowest BCUT2D eigenvalue weighted by atomic mass is 10.1. The molecular weight excluding hydrogens is 270 g/mol. The molecule has 1 heterocycles. The summed E-state index contributed by atoms with van der Waals surface area (Å²) in [4.78, 5) is 13.8. The molecule has 0 amide bonds. The highest BCUT2D eigenvalue weighted by atomic mass is 32.2. The largest absolute Gasteiger partial charge is 0.270 e. The number of nitro benzene ring substituents is 1. The molecule has 0 saturated carbocycles. The number of nitro groups is 1. The fourth-order valence-corrected chi connectivity index (χ4v) is 2.38. The van der Waals surface area contributed by atoms with Gasteiger partial charge in [0.2, 0.25) is 10.0 Å². The summed E-state index contributed by atoms with van der Waals surface area (Å²) in [7, 11) is -3.97. The van der Waals surface area contributed by atoms with E-state index in [-0.39, 0.29) is 16.1 Å². The Morgan fingerprint density at radius 3 is 2.32 bits per heavy atom. The first-order valence-corrected chi connectivity index (χ1v) is 6.66. The highest BCUT2D eigenvalue weighted by Gasteiger charge is 2.19. The van der Waals surface area contributed by atoms with E-state index in [2.05, 4.69) is 4.98 Å². The van der Waals surface area contributed by atoms with Crippen LogP contribution in [0.25, 0.3) is 11.1 Å². The number of rotatable bonds is 3. The number of hydrogen-bond donors (Lipinski definition) is 1. The predicted molar refractivity (Wildman–Crippen MR) is 67.7 cm³/mol. The summed E-state index contributed by atoms with van der Waals surface area (Å²) in [6.45, 7) is 0. The molecule has 8 heteroatoms. The topological polar surface area (TPSA) is 116 Å². The van der Waals surface area contributed by atoms with Crippen molar-refractivity contribution in [3.05, 3.63) is 52.8 Å². The molecule has 7 nitrogen and oxygen atoms in total. The SMILES string of the molecule is NS(=O)(=O)c1ccc([N+](=O)[O-])cc1-c1ccncc1. The van der Waals surface area contributed by atoms with Crippen molar-refractivity contribution in [2.75, 3.05) is 0 Å². The Balaban J connectivity index is 2.74. The molecule has 19 heavy (non-hydrogen) atoms. The number of pyridine rings is 1. The summed E-state index contributed by atoms with van der Waals surface area (Å²) in [5.74, 6) is 0. The molecule has 0 bridgehead atoms. The van der Waals surface area contributed by atoms with Gasteiger partial charge in [-0.1, -0.05) is 0 Å². The Morgan fingerprint density at radius 2 is 1.79 bits per heavy atom. The van der Waals surface area contributed by atoms with Gasteiger partial charge >= 0.3 is 0 Å². The van der Waals surface area contributed by atoms with Gasteiger partial charge in [0.05, 0.1) is 9.82 Å². The zero-order valence-corrected chi connectivity index (χ0v) is 10.4. The number of hydrogen-bond acceptors (Lipinski definition) is 5. The molecule has 2 rings (SSSR count). The molecular formula is C11H9N3O4S. The minimum Gasteiger partial charge on any atom is -0.265 e. The van der Waals surface area contributed by atoms with Gasteiger partial charge in [-0.3, -0.25) is 15.1 Å². The summed E-state index contributed by atoms with van der Waals surface area (Å²) >= 11 is 0. The first-order valence-electron chi connectivity index (χ1n) is 5.11. The van der Waals surface area contributed by atoms with Crippen LogP contribution in [0.3, 0.4) is 0 Å². The third-order valence-electron chi connectivity index (χ3n) is 2.47. The molecule has 0 atom stereocenters. The van der Waals surface area contributed by atoms with Gasteiger partial charge in [-0.25, -0.2) is 13.6 Å². The molecule has 0 aliphatic carbocycles. The maximum atomic E-state index is 11.5. The molecule has 2 N–H and O–H groups in total. The lowest BCUT2D eigenvalue weighted by molar-refractivity contribution is -0.384. The monoisotopic (exact) mass is 279 g/mol. The molecule has 0 aliphatic rings. The smallest absolute Gasteiger partial charge is 0.265 e. The zero-order valence-electron chi connectivity index (χ0n) is 9.55. The number of sulfonamides is 1. The standard InChI is InChI=1S/C11H9N3O4S/c12-19(17,18)11-2-1-9(14(15)16)7-10(11)8-3-5-13-6-4-8/h1-7H,(H2,12,17,18). The lowest BCUT2D eigenvalue weighted by Crippen LogP contribution is -2.13. The minimum atomic E-state index is -3.97. The van der Waals surface area contributed by atoms with Crippen LogP contribution in [0.5, 0.6) is 0 Å². The summed E-state index contributed by atoms with van der Waals surface area (Å²) in [5, 5.41) is 15.9. The molecule has 0 spiro atoms. The predicted octanol–water partition coefficient (Wildman–Crippen LogP) is 1.30. The second kappa shape index (κ2) is 4.75. The lowest BCUT2D eigenvalue weighted by Gasteiger charge is -2.07. The van der Waals surface area contributed by atoms with Crippen LogP contribution in [0.15, 0.2) is 47.6 Å². The number of nitrogens with zero attached hydrogens (tertiary/aromatic N) is 2. The zero-order chi connectivity index (χ0) is 14.0. The van der Waals surface area contributed by atoms with Crippen molar-refractivity contribution >= 4 is 15.7 Å². The van der Waals surface area contributed by atoms with Crippen LogP contribution in [0.2, 0.25) is 0 Å². The van der Waals surface area contributed by atoms with Crippen molar-refractivity contribution in [1.29, 1.82) is 0 Å². The van der Waals surface area contributed by atoms with E-state index in [1.54, 1.807) is 12.1 Å². The summed E-state index contributed by atoms with van der Waals surface area (Å²) in [6, 6.07) is 6.50. The summed E-state index contributed by atoms with van der Waals surface area (Å²) in [5.41, 5.74) is 0.459. The Kier molecular flexibility index (Phi) is 3.28. The number of nitrogens with two attached hydrogens (primary N) is 1. The van der Waals surface area contributed by atoms with Gasteiger partial charge in [0, 0.05) is 30.1 Å². The van der Waals surface area contributed by atoms with E-state index in [0.29, 0.717) is 5.56 Å². The van der Waals surface area contributed by atoms with E-state index in [0.717, 1.165) is 12.1 Å². The van der Waals surface area contributed by atoms with Crippen molar-refractivity contribution in [2.24, 2.45) is 5.14 Å². The molecule has 0 fully saturated rings. The van der Waals surface area contributed by atoms with Crippen molar-refractivity contribution in [2.45, 2.75) is 4.90 Å². The van der Waals surface area contributed by atoms with Crippen molar-refractivity contribution in [3.8, 4) is 11.1 Å². The molecule has 0 unspecified atom stereocenters. The van der Waals surface area contributed by atoms with Crippen LogP contribution in [0, 0.1) is 10.1 Å². The third-order valence-corrected chi connectivity index (χ3v) is 3.44. The average Bonchev–Trinajstić information content (AvgIpc) is 2.38. The van der Waals surface area contributed by atoms with Crippen LogP contribution in [0.1, 0.15) is 0 Å². The second-order valence-electron chi connectivity index (χ2n) is 3.72. The first-order chi connectivity index (χ1) is 8.89. The second-order valence-corrected chi connectivity index (χ2v) is 5.25. The summed E-state index contributed by atoms with van der Waals surface area (Å²) < 4.78 is 23.0. The van der Waals surface area contributed by atoms with Gasteiger partial charge in [0.1, 0.15) is 0 Å². The molecule has 0 saturated heterocycles. The molecule has 1 aromatic heterocycles. The maximum Gasteiger partial charge on any atom is 0.270 e. The van der Waals surface area contributed by atoms with Crippen molar-refractivity contribution in [1.82, 2.24) is 4.98 Å². The van der Waals surface area contributed by atoms with E-state index in [4.69, 9.17) is 5.14 Å². The molecule has 0 radical (unpaired) electrons.